The molecule has 4 heteroatoms. The standard InChI is InChI=1S/C13H24N2O2/c1-13(17-2)6-3-9-15(10-13)12(16)11-4-7-14-8-5-11/h11,14H,3-10H2,1-2H3. The molecule has 1 amide bonds. The summed E-state index contributed by atoms with van der Waals surface area (Å²) in [5, 5.41) is 3.30. The summed E-state index contributed by atoms with van der Waals surface area (Å²) in [6.45, 7) is 5.72. The number of hydrogen-bond acceptors (Lipinski definition) is 3. The zero-order valence-corrected chi connectivity index (χ0v) is 11.0. The SMILES string of the molecule is COC1(C)CCCN(C(=O)C2CCNCC2)C1. The van der Waals surface area contributed by atoms with Crippen LogP contribution in [0.5, 0.6) is 0 Å². The van der Waals surface area contributed by atoms with Gasteiger partial charge in [-0.05, 0) is 45.7 Å². The Bertz CT molecular complexity index is 277. The van der Waals surface area contributed by atoms with E-state index in [1.165, 1.54) is 0 Å². The third kappa shape index (κ3) is 2.99. The van der Waals surface area contributed by atoms with E-state index in [9.17, 15) is 4.79 Å². The lowest BCUT2D eigenvalue weighted by Crippen LogP contribution is -2.52. The first kappa shape index (κ1) is 12.8. The van der Waals surface area contributed by atoms with E-state index in [0.29, 0.717) is 5.91 Å². The van der Waals surface area contributed by atoms with Crippen LogP contribution in [0.2, 0.25) is 0 Å². The third-order valence-electron chi connectivity index (χ3n) is 4.15. The van der Waals surface area contributed by atoms with Crippen LogP contribution in [0.1, 0.15) is 32.6 Å². The first-order chi connectivity index (χ1) is 8.14. The second-order valence-corrected chi connectivity index (χ2v) is 5.54. The first-order valence-electron chi connectivity index (χ1n) is 6.69. The van der Waals surface area contributed by atoms with Gasteiger partial charge in [-0.25, -0.2) is 0 Å². The van der Waals surface area contributed by atoms with E-state index in [2.05, 4.69) is 12.2 Å². The maximum atomic E-state index is 12.4. The highest BCUT2D eigenvalue weighted by Gasteiger charge is 2.35. The summed E-state index contributed by atoms with van der Waals surface area (Å²) in [5.74, 6) is 0.574. The Morgan fingerprint density at radius 2 is 2.12 bits per heavy atom. The number of likely N-dealkylation sites (tertiary alicyclic amines) is 1. The minimum atomic E-state index is -0.138. The fourth-order valence-corrected chi connectivity index (χ4v) is 2.89. The lowest BCUT2D eigenvalue weighted by molar-refractivity contribution is -0.144. The summed E-state index contributed by atoms with van der Waals surface area (Å²) in [5.41, 5.74) is -0.138. The topological polar surface area (TPSA) is 41.6 Å². The quantitative estimate of drug-likeness (QED) is 0.783. The molecule has 0 aromatic heterocycles. The van der Waals surface area contributed by atoms with Gasteiger partial charge in [0.25, 0.3) is 0 Å². The molecular weight excluding hydrogens is 216 g/mol. The van der Waals surface area contributed by atoms with Crippen molar-refractivity contribution in [2.45, 2.75) is 38.2 Å². The second kappa shape index (κ2) is 5.36. The van der Waals surface area contributed by atoms with E-state index in [1.807, 2.05) is 4.90 Å². The molecule has 0 aromatic carbocycles. The van der Waals surface area contributed by atoms with Gasteiger partial charge in [-0.1, -0.05) is 0 Å². The smallest absolute Gasteiger partial charge is 0.225 e. The lowest BCUT2D eigenvalue weighted by atomic mass is 9.91. The molecule has 2 rings (SSSR count). The number of nitrogens with zero attached hydrogens (tertiary/aromatic N) is 1. The molecule has 2 heterocycles. The van der Waals surface area contributed by atoms with E-state index >= 15 is 0 Å². The highest BCUT2D eigenvalue weighted by atomic mass is 16.5. The second-order valence-electron chi connectivity index (χ2n) is 5.54. The van der Waals surface area contributed by atoms with Crippen molar-refractivity contribution in [3.05, 3.63) is 0 Å². The van der Waals surface area contributed by atoms with Crippen molar-refractivity contribution < 1.29 is 9.53 Å². The highest BCUT2D eigenvalue weighted by Crippen LogP contribution is 2.26. The van der Waals surface area contributed by atoms with Crippen LogP contribution < -0.4 is 5.32 Å². The van der Waals surface area contributed by atoms with Crippen molar-refractivity contribution >= 4 is 5.91 Å². The van der Waals surface area contributed by atoms with E-state index in [4.69, 9.17) is 4.74 Å². The van der Waals surface area contributed by atoms with Crippen LogP contribution in [0.25, 0.3) is 0 Å². The van der Waals surface area contributed by atoms with Crippen molar-refractivity contribution in [2.75, 3.05) is 33.3 Å². The molecule has 2 fully saturated rings. The van der Waals surface area contributed by atoms with Gasteiger partial charge in [-0.2, -0.15) is 0 Å². The summed E-state index contributed by atoms with van der Waals surface area (Å²) in [4.78, 5) is 14.4. The molecule has 2 aliphatic rings. The van der Waals surface area contributed by atoms with Gasteiger partial charge in [-0.3, -0.25) is 4.79 Å². The summed E-state index contributed by atoms with van der Waals surface area (Å²) in [6.07, 6.45) is 4.08. The summed E-state index contributed by atoms with van der Waals surface area (Å²) >= 11 is 0. The van der Waals surface area contributed by atoms with E-state index in [-0.39, 0.29) is 11.5 Å². The predicted molar refractivity (Wildman–Crippen MR) is 66.8 cm³/mol. The van der Waals surface area contributed by atoms with Crippen LogP contribution in [0.3, 0.4) is 0 Å². The average Bonchev–Trinajstić information content (AvgIpc) is 2.39. The van der Waals surface area contributed by atoms with Gasteiger partial charge in [-0.15, -0.1) is 0 Å². The first-order valence-corrected chi connectivity index (χ1v) is 6.69. The van der Waals surface area contributed by atoms with Crippen LogP contribution in [0.4, 0.5) is 0 Å². The lowest BCUT2D eigenvalue weighted by Gasteiger charge is -2.41. The van der Waals surface area contributed by atoms with Crippen molar-refractivity contribution in [3.63, 3.8) is 0 Å². The molecular formula is C13H24N2O2. The molecule has 2 saturated heterocycles. The van der Waals surface area contributed by atoms with Gasteiger partial charge in [0, 0.05) is 26.1 Å². The van der Waals surface area contributed by atoms with Crippen LogP contribution in [0.15, 0.2) is 0 Å². The number of piperidine rings is 2. The van der Waals surface area contributed by atoms with E-state index in [1.54, 1.807) is 7.11 Å². The number of methoxy groups -OCH3 is 1. The van der Waals surface area contributed by atoms with Crippen molar-refractivity contribution in [1.82, 2.24) is 10.2 Å². The number of carbonyl (C=O) groups is 1. The number of hydrogen-bond donors (Lipinski definition) is 1. The molecule has 0 radical (unpaired) electrons. The number of rotatable bonds is 2. The zero-order valence-electron chi connectivity index (χ0n) is 11.0. The van der Waals surface area contributed by atoms with Crippen LogP contribution >= 0.6 is 0 Å². The normalized spacial score (nSPS) is 31.5. The molecule has 0 aliphatic carbocycles. The summed E-state index contributed by atoms with van der Waals surface area (Å²) in [6, 6.07) is 0. The molecule has 0 bridgehead atoms. The Balaban J connectivity index is 1.94. The molecule has 1 N–H and O–H groups in total. The highest BCUT2D eigenvalue weighted by molar-refractivity contribution is 5.79. The van der Waals surface area contributed by atoms with Crippen molar-refractivity contribution in [1.29, 1.82) is 0 Å². The minimum absolute atomic E-state index is 0.138. The molecule has 98 valence electrons. The summed E-state index contributed by atoms with van der Waals surface area (Å²) < 4.78 is 5.54. The van der Waals surface area contributed by atoms with Crippen LogP contribution in [0, 0.1) is 5.92 Å². The Morgan fingerprint density at radius 3 is 2.76 bits per heavy atom. The number of ether oxygens (including phenoxy) is 1. The van der Waals surface area contributed by atoms with Crippen molar-refractivity contribution in [2.24, 2.45) is 5.92 Å². The molecule has 17 heavy (non-hydrogen) atoms. The fraction of sp³-hybridized carbons (Fsp3) is 0.923. The largest absolute Gasteiger partial charge is 0.377 e. The van der Waals surface area contributed by atoms with Crippen LogP contribution in [-0.2, 0) is 9.53 Å². The van der Waals surface area contributed by atoms with E-state index < -0.39 is 0 Å². The Kier molecular flexibility index (Phi) is 4.05. The third-order valence-corrected chi connectivity index (χ3v) is 4.15. The molecule has 1 atom stereocenters. The van der Waals surface area contributed by atoms with Gasteiger partial charge < -0.3 is 15.0 Å². The summed E-state index contributed by atoms with van der Waals surface area (Å²) in [7, 11) is 1.75. The number of carbonyl (C=O) groups excluding carboxylic acids is 1. The molecule has 0 aromatic rings. The molecule has 4 nitrogen and oxygen atoms in total. The van der Waals surface area contributed by atoms with Gasteiger partial charge >= 0.3 is 0 Å². The van der Waals surface area contributed by atoms with E-state index in [0.717, 1.165) is 51.9 Å². The molecule has 1 unspecified atom stereocenters. The minimum Gasteiger partial charge on any atom is -0.377 e. The average molecular weight is 240 g/mol. The monoisotopic (exact) mass is 240 g/mol. The predicted octanol–water partition coefficient (Wildman–Crippen LogP) is 1.01. The van der Waals surface area contributed by atoms with Gasteiger partial charge in [0.2, 0.25) is 5.91 Å². The zero-order chi connectivity index (χ0) is 12.3. The van der Waals surface area contributed by atoms with Crippen LogP contribution in [-0.4, -0.2) is 49.7 Å². The molecule has 0 spiro atoms. The number of amides is 1. The van der Waals surface area contributed by atoms with Gasteiger partial charge in [0.15, 0.2) is 0 Å². The molecule has 2 aliphatic heterocycles. The Labute approximate surface area is 104 Å². The van der Waals surface area contributed by atoms with Gasteiger partial charge in [0.1, 0.15) is 0 Å². The van der Waals surface area contributed by atoms with Gasteiger partial charge in [0.05, 0.1) is 5.60 Å². The Hall–Kier alpha value is -0.610. The molecule has 0 saturated carbocycles. The maximum absolute atomic E-state index is 12.4. The fourth-order valence-electron chi connectivity index (χ4n) is 2.89. The van der Waals surface area contributed by atoms with Crippen molar-refractivity contribution in [3.8, 4) is 0 Å². The number of nitrogens with one attached hydrogen (secondary N) is 1. The maximum Gasteiger partial charge on any atom is 0.225 e. The Morgan fingerprint density at radius 1 is 1.41 bits per heavy atom.